The van der Waals surface area contributed by atoms with Crippen LogP contribution in [0.2, 0.25) is 0 Å². The summed E-state index contributed by atoms with van der Waals surface area (Å²) >= 11 is 8.33. The standard InChI is InChI=1S/C25H34OS2.C25H32OS2/c2*1-22(26)12-6-2-3-11-17-25(28-21-24-15-9-5-10-16-24)18-19-27-20-23-13-7-4-8-14-23/h4-5,7-10,13-16,25H,2-3,6,11-12,17-21H2,1H3;4-10,12-16,25H,2-3,11,17-21H2,1H3/b;12-6+. The molecule has 0 heterocycles. The van der Waals surface area contributed by atoms with Gasteiger partial charge in [0.2, 0.25) is 0 Å². The van der Waals surface area contributed by atoms with Crippen LogP contribution in [-0.4, -0.2) is 33.6 Å². The van der Waals surface area contributed by atoms with Gasteiger partial charge in [0.25, 0.3) is 0 Å². The third kappa shape index (κ3) is 25.6. The van der Waals surface area contributed by atoms with E-state index >= 15 is 0 Å². The highest BCUT2D eigenvalue weighted by molar-refractivity contribution is 8.00. The summed E-state index contributed by atoms with van der Waals surface area (Å²) in [5.41, 5.74) is 5.68. The molecule has 0 aliphatic carbocycles. The zero-order valence-electron chi connectivity index (χ0n) is 34.0. The third-order valence-electron chi connectivity index (χ3n) is 9.35. The second kappa shape index (κ2) is 32.3. The Morgan fingerprint density at radius 2 is 0.875 bits per heavy atom. The fourth-order valence-electron chi connectivity index (χ4n) is 6.14. The Kier molecular flexibility index (Phi) is 27.6. The summed E-state index contributed by atoms with van der Waals surface area (Å²) in [5.74, 6) is 7.34. The highest BCUT2D eigenvalue weighted by Crippen LogP contribution is 2.29. The molecule has 0 aromatic heterocycles. The topological polar surface area (TPSA) is 34.1 Å². The lowest BCUT2D eigenvalue weighted by atomic mass is 10.1. The first-order valence-electron chi connectivity index (χ1n) is 20.7. The number of unbranched alkanes of at least 4 members (excludes halogenated alkanes) is 5. The number of allylic oxidation sites excluding steroid dienone is 2. The normalized spacial score (nSPS) is 12.2. The zero-order valence-corrected chi connectivity index (χ0v) is 37.3. The van der Waals surface area contributed by atoms with Crippen molar-refractivity contribution in [1.29, 1.82) is 0 Å². The molecule has 0 saturated carbocycles. The highest BCUT2D eigenvalue weighted by Gasteiger charge is 2.11. The molecule has 0 radical (unpaired) electrons. The number of carbonyl (C=O) groups is 2. The number of carbonyl (C=O) groups excluding carboxylic acids is 2. The van der Waals surface area contributed by atoms with Crippen molar-refractivity contribution in [1.82, 2.24) is 0 Å². The van der Waals surface area contributed by atoms with Crippen LogP contribution >= 0.6 is 47.0 Å². The van der Waals surface area contributed by atoms with Crippen LogP contribution < -0.4 is 0 Å². The average Bonchev–Trinajstić information content (AvgIpc) is 3.22. The van der Waals surface area contributed by atoms with E-state index in [0.717, 1.165) is 47.5 Å². The molecule has 0 aliphatic rings. The summed E-state index contributed by atoms with van der Waals surface area (Å²) in [6, 6.07) is 43.1. The van der Waals surface area contributed by atoms with Gasteiger partial charge in [-0.15, -0.1) is 0 Å². The van der Waals surface area contributed by atoms with Gasteiger partial charge in [0.1, 0.15) is 5.78 Å². The second-order valence-corrected chi connectivity index (χ2v) is 19.2. The number of hydrogen-bond donors (Lipinski definition) is 0. The maximum Gasteiger partial charge on any atom is 0.152 e. The first-order chi connectivity index (χ1) is 27.5. The Morgan fingerprint density at radius 1 is 0.482 bits per heavy atom. The third-order valence-corrected chi connectivity index (χ3v) is 14.4. The Labute approximate surface area is 357 Å². The van der Waals surface area contributed by atoms with E-state index in [1.54, 1.807) is 19.9 Å². The summed E-state index contributed by atoms with van der Waals surface area (Å²) in [6.45, 7) is 3.31. The number of hydrogen-bond acceptors (Lipinski definition) is 6. The molecular formula is C50H66O2S4. The van der Waals surface area contributed by atoms with E-state index in [2.05, 4.69) is 157 Å². The number of thioether (sulfide) groups is 4. The van der Waals surface area contributed by atoms with Crippen molar-refractivity contribution in [3.63, 3.8) is 0 Å². The predicted octanol–water partition coefficient (Wildman–Crippen LogP) is 14.9. The summed E-state index contributed by atoms with van der Waals surface area (Å²) in [6.07, 6.45) is 17.8. The Balaban J connectivity index is 0.000000300. The fourth-order valence-corrected chi connectivity index (χ4v) is 11.0. The molecule has 2 unspecified atom stereocenters. The second-order valence-electron chi connectivity index (χ2n) is 14.4. The number of ketones is 2. The molecular weight excluding hydrogens is 761 g/mol. The van der Waals surface area contributed by atoms with Crippen LogP contribution in [0.15, 0.2) is 133 Å². The van der Waals surface area contributed by atoms with Crippen LogP contribution in [0.1, 0.15) is 113 Å². The zero-order chi connectivity index (χ0) is 39.7. The molecule has 0 aliphatic heterocycles. The average molecular weight is 827 g/mol. The maximum absolute atomic E-state index is 11.0. The van der Waals surface area contributed by atoms with Gasteiger partial charge in [0.15, 0.2) is 5.78 Å². The lowest BCUT2D eigenvalue weighted by Gasteiger charge is -2.17. The van der Waals surface area contributed by atoms with Gasteiger partial charge in [0.05, 0.1) is 0 Å². The van der Waals surface area contributed by atoms with Crippen LogP contribution in [0.3, 0.4) is 0 Å². The van der Waals surface area contributed by atoms with Crippen molar-refractivity contribution >= 4 is 58.6 Å². The smallest absolute Gasteiger partial charge is 0.152 e. The van der Waals surface area contributed by atoms with Gasteiger partial charge in [-0.05, 0) is 98.6 Å². The summed E-state index contributed by atoms with van der Waals surface area (Å²) in [4.78, 5) is 22.0. The summed E-state index contributed by atoms with van der Waals surface area (Å²) in [7, 11) is 0. The molecule has 0 fully saturated rings. The van der Waals surface area contributed by atoms with E-state index in [-0.39, 0.29) is 5.78 Å². The number of Topliss-reactive ketones (excluding diaryl/α,β-unsaturated/α-hetero) is 1. The van der Waals surface area contributed by atoms with E-state index in [1.165, 1.54) is 91.5 Å². The van der Waals surface area contributed by atoms with Crippen molar-refractivity contribution in [3.8, 4) is 0 Å². The van der Waals surface area contributed by atoms with Gasteiger partial charge in [-0.1, -0.05) is 153 Å². The maximum atomic E-state index is 11.0. The Morgan fingerprint density at radius 3 is 1.29 bits per heavy atom. The van der Waals surface area contributed by atoms with E-state index in [0.29, 0.717) is 11.0 Å². The summed E-state index contributed by atoms with van der Waals surface area (Å²) < 4.78 is 0. The van der Waals surface area contributed by atoms with E-state index in [9.17, 15) is 9.59 Å². The van der Waals surface area contributed by atoms with Crippen molar-refractivity contribution in [2.75, 3.05) is 11.5 Å². The molecule has 0 spiro atoms. The predicted molar refractivity (Wildman–Crippen MR) is 254 cm³/mol. The molecule has 2 atom stereocenters. The van der Waals surface area contributed by atoms with Gasteiger partial charge in [-0.2, -0.15) is 47.0 Å². The first-order valence-corrected chi connectivity index (χ1v) is 25.1. The lowest BCUT2D eigenvalue weighted by Crippen LogP contribution is -2.05. The Bertz CT molecular complexity index is 1560. The van der Waals surface area contributed by atoms with Gasteiger partial charge >= 0.3 is 0 Å². The van der Waals surface area contributed by atoms with Crippen LogP contribution in [0.4, 0.5) is 0 Å². The minimum Gasteiger partial charge on any atom is -0.300 e. The molecule has 0 bridgehead atoms. The van der Waals surface area contributed by atoms with E-state index in [4.69, 9.17) is 0 Å². The molecule has 0 saturated heterocycles. The van der Waals surface area contributed by atoms with Crippen molar-refractivity contribution < 1.29 is 9.59 Å². The summed E-state index contributed by atoms with van der Waals surface area (Å²) in [5, 5.41) is 1.44. The molecule has 0 N–H and O–H groups in total. The fraction of sp³-hybridized carbons (Fsp3) is 0.440. The largest absolute Gasteiger partial charge is 0.300 e. The SMILES string of the molecule is CC(=O)/C=C/CCCCC(CCSCc1ccccc1)SCc1ccccc1.CC(=O)CCCCCCC(CCSCc1ccccc1)SCc1ccccc1. The lowest BCUT2D eigenvalue weighted by molar-refractivity contribution is -0.117. The highest BCUT2D eigenvalue weighted by atomic mass is 32.2. The van der Waals surface area contributed by atoms with Gasteiger partial charge in [-0.3, -0.25) is 4.79 Å². The number of rotatable bonds is 29. The molecule has 6 heteroatoms. The molecule has 4 aromatic carbocycles. The molecule has 4 aromatic rings. The number of benzene rings is 4. The molecule has 302 valence electrons. The van der Waals surface area contributed by atoms with Crippen LogP contribution in [0.5, 0.6) is 0 Å². The van der Waals surface area contributed by atoms with Crippen molar-refractivity contribution in [2.45, 2.75) is 124 Å². The van der Waals surface area contributed by atoms with Gasteiger partial charge in [0, 0.05) is 39.9 Å². The van der Waals surface area contributed by atoms with Crippen molar-refractivity contribution in [2.24, 2.45) is 0 Å². The van der Waals surface area contributed by atoms with Gasteiger partial charge in [-0.25, -0.2) is 0 Å². The van der Waals surface area contributed by atoms with Crippen molar-refractivity contribution in [3.05, 3.63) is 156 Å². The molecule has 2 nitrogen and oxygen atoms in total. The minimum absolute atomic E-state index is 0.145. The van der Waals surface area contributed by atoms with E-state index in [1.807, 2.05) is 17.8 Å². The van der Waals surface area contributed by atoms with Crippen LogP contribution in [0, 0.1) is 0 Å². The minimum atomic E-state index is 0.145. The van der Waals surface area contributed by atoms with Crippen LogP contribution in [-0.2, 0) is 32.6 Å². The van der Waals surface area contributed by atoms with E-state index < -0.39 is 0 Å². The van der Waals surface area contributed by atoms with Crippen LogP contribution in [0.25, 0.3) is 0 Å². The molecule has 4 rings (SSSR count). The van der Waals surface area contributed by atoms with Gasteiger partial charge < -0.3 is 4.79 Å². The Hall–Kier alpha value is -2.64. The monoisotopic (exact) mass is 826 g/mol. The first kappa shape index (κ1) is 47.7. The molecule has 0 amide bonds. The quantitative estimate of drug-likeness (QED) is 0.0401. The molecule has 56 heavy (non-hydrogen) atoms.